The summed E-state index contributed by atoms with van der Waals surface area (Å²) in [5.41, 5.74) is 0.0509. The summed E-state index contributed by atoms with van der Waals surface area (Å²) in [4.78, 5) is 16.8. The molecule has 2 aromatic heterocycles. The number of hydrogen-bond donors (Lipinski definition) is 1. The number of anilines is 1. The van der Waals surface area contributed by atoms with Crippen LogP contribution < -0.4 is 10.2 Å². The highest BCUT2D eigenvalue weighted by Crippen LogP contribution is 2.28. The van der Waals surface area contributed by atoms with Gasteiger partial charge in [0.25, 0.3) is 5.82 Å². The molecule has 0 unspecified atom stereocenters. The van der Waals surface area contributed by atoms with E-state index in [2.05, 4.69) is 32.6 Å². The predicted octanol–water partition coefficient (Wildman–Crippen LogP) is 2.21. The lowest BCUT2D eigenvalue weighted by Crippen LogP contribution is -2.41. The van der Waals surface area contributed by atoms with E-state index in [1.54, 1.807) is 6.07 Å². The average Bonchev–Trinajstić information content (AvgIpc) is 3.19. The van der Waals surface area contributed by atoms with Crippen LogP contribution in [-0.2, 0) is 11.0 Å². The van der Waals surface area contributed by atoms with Gasteiger partial charge in [-0.3, -0.25) is 4.79 Å². The number of alkyl halides is 3. The lowest BCUT2D eigenvalue weighted by Gasteiger charge is -2.32. The molecule has 2 aromatic rings. The molecule has 4 heterocycles. The van der Waals surface area contributed by atoms with E-state index in [1.165, 1.54) is 18.9 Å². The fourth-order valence-corrected chi connectivity index (χ4v) is 4.39. The average molecular weight is 439 g/mol. The summed E-state index contributed by atoms with van der Waals surface area (Å²) in [6, 6.07) is 3.12. The second-order valence-corrected chi connectivity index (χ2v) is 8.57. The summed E-state index contributed by atoms with van der Waals surface area (Å²) < 4.78 is 40.0. The molecule has 0 spiro atoms. The van der Waals surface area contributed by atoms with Gasteiger partial charge in [0.1, 0.15) is 5.82 Å². The van der Waals surface area contributed by atoms with Gasteiger partial charge in [-0.25, -0.2) is 0 Å². The standard InChI is InChI=1S/C20H28F3N7O/c1-28-10-5-14(6-11-28)4-9-24-18(31)15-7-12-29(13-8-15)17-3-2-16-25-26-19(20(21,22)23)30(16)27-17/h2-3,14-15H,4-13H2,1H3,(H,24,31). The highest BCUT2D eigenvalue weighted by Gasteiger charge is 2.38. The first-order chi connectivity index (χ1) is 14.8. The third kappa shape index (κ3) is 5.08. The first-order valence-electron chi connectivity index (χ1n) is 10.8. The van der Waals surface area contributed by atoms with E-state index in [0.717, 1.165) is 24.0 Å². The zero-order chi connectivity index (χ0) is 22.0. The lowest BCUT2D eigenvalue weighted by atomic mass is 9.93. The number of nitrogens with zero attached hydrogens (tertiary/aromatic N) is 6. The van der Waals surface area contributed by atoms with Crippen molar-refractivity contribution in [2.45, 2.75) is 38.3 Å². The molecular formula is C20H28F3N7O. The van der Waals surface area contributed by atoms with Crippen LogP contribution >= 0.6 is 0 Å². The van der Waals surface area contributed by atoms with Crippen LogP contribution in [-0.4, -0.2) is 70.4 Å². The number of piperidine rings is 2. The second kappa shape index (κ2) is 8.97. The van der Waals surface area contributed by atoms with Crippen LogP contribution in [0.3, 0.4) is 0 Å². The summed E-state index contributed by atoms with van der Waals surface area (Å²) in [6.45, 7) is 4.08. The van der Waals surface area contributed by atoms with Gasteiger partial charge in [0.05, 0.1) is 0 Å². The summed E-state index contributed by atoms with van der Waals surface area (Å²) in [6.07, 6.45) is 0.0594. The van der Waals surface area contributed by atoms with Crippen molar-refractivity contribution in [3.8, 4) is 0 Å². The van der Waals surface area contributed by atoms with Crippen molar-refractivity contribution < 1.29 is 18.0 Å². The molecule has 0 aliphatic carbocycles. The quantitative estimate of drug-likeness (QED) is 0.770. The molecule has 0 radical (unpaired) electrons. The Morgan fingerprint density at radius 3 is 2.48 bits per heavy atom. The van der Waals surface area contributed by atoms with Crippen LogP contribution in [0.5, 0.6) is 0 Å². The van der Waals surface area contributed by atoms with E-state index < -0.39 is 12.0 Å². The molecule has 0 saturated carbocycles. The topological polar surface area (TPSA) is 78.7 Å². The summed E-state index contributed by atoms with van der Waals surface area (Å²) >= 11 is 0. The zero-order valence-electron chi connectivity index (χ0n) is 17.6. The maximum atomic E-state index is 13.1. The summed E-state index contributed by atoms with van der Waals surface area (Å²) in [5.74, 6) is -0.0204. The number of carbonyl (C=O) groups excluding carboxylic acids is 1. The predicted molar refractivity (Wildman–Crippen MR) is 109 cm³/mol. The van der Waals surface area contributed by atoms with E-state index in [9.17, 15) is 18.0 Å². The largest absolute Gasteiger partial charge is 0.453 e. The minimum absolute atomic E-state index is 0.0509. The highest BCUT2D eigenvalue weighted by atomic mass is 19.4. The molecule has 2 aliphatic heterocycles. The smallest absolute Gasteiger partial charge is 0.356 e. The van der Waals surface area contributed by atoms with E-state index in [4.69, 9.17) is 0 Å². The number of halogens is 3. The Morgan fingerprint density at radius 1 is 1.10 bits per heavy atom. The van der Waals surface area contributed by atoms with Gasteiger partial charge in [0, 0.05) is 25.6 Å². The summed E-state index contributed by atoms with van der Waals surface area (Å²) in [7, 11) is 2.14. The Bertz CT molecular complexity index is 900. The minimum Gasteiger partial charge on any atom is -0.356 e. The molecule has 4 rings (SSSR count). The molecule has 1 amide bonds. The SMILES string of the molecule is CN1CCC(CCNC(=O)C2CCN(c3ccc4nnc(C(F)(F)F)n4n3)CC2)CC1. The van der Waals surface area contributed by atoms with E-state index in [1.807, 2.05) is 4.90 Å². The van der Waals surface area contributed by atoms with Crippen LogP contribution in [0.1, 0.15) is 37.9 Å². The third-order valence-electron chi connectivity index (χ3n) is 6.38. The second-order valence-electron chi connectivity index (χ2n) is 8.57. The van der Waals surface area contributed by atoms with E-state index in [-0.39, 0.29) is 17.5 Å². The Hall–Kier alpha value is -2.43. The number of amides is 1. The number of rotatable bonds is 5. The molecule has 1 N–H and O–H groups in total. The van der Waals surface area contributed by atoms with Gasteiger partial charge in [0.2, 0.25) is 5.91 Å². The van der Waals surface area contributed by atoms with Gasteiger partial charge in [-0.05, 0) is 70.3 Å². The van der Waals surface area contributed by atoms with Crippen LogP contribution in [0.4, 0.5) is 19.0 Å². The van der Waals surface area contributed by atoms with Gasteiger partial charge in [0.15, 0.2) is 5.65 Å². The molecular weight excluding hydrogens is 411 g/mol. The van der Waals surface area contributed by atoms with Crippen molar-refractivity contribution in [2.24, 2.45) is 11.8 Å². The number of hydrogen-bond acceptors (Lipinski definition) is 6. The normalized spacial score (nSPS) is 19.8. The van der Waals surface area contributed by atoms with E-state index >= 15 is 0 Å². The van der Waals surface area contributed by atoms with Crippen LogP contribution in [0.15, 0.2) is 12.1 Å². The van der Waals surface area contributed by atoms with Crippen LogP contribution in [0, 0.1) is 11.8 Å². The Kier molecular flexibility index (Phi) is 6.31. The number of likely N-dealkylation sites (tertiary alicyclic amines) is 1. The Balaban J connectivity index is 1.28. The Morgan fingerprint density at radius 2 is 1.81 bits per heavy atom. The molecule has 0 aromatic carbocycles. The number of nitrogens with one attached hydrogen (secondary N) is 1. The fraction of sp³-hybridized carbons (Fsp3) is 0.700. The van der Waals surface area contributed by atoms with Gasteiger partial charge >= 0.3 is 6.18 Å². The number of fused-ring (bicyclic) bond motifs is 1. The van der Waals surface area contributed by atoms with Gasteiger partial charge in [-0.2, -0.15) is 17.7 Å². The molecule has 0 bridgehead atoms. The monoisotopic (exact) mass is 439 g/mol. The van der Waals surface area contributed by atoms with Gasteiger partial charge < -0.3 is 15.1 Å². The molecule has 0 atom stereocenters. The zero-order valence-corrected chi connectivity index (χ0v) is 17.6. The van der Waals surface area contributed by atoms with Crippen molar-refractivity contribution in [3.05, 3.63) is 18.0 Å². The van der Waals surface area contributed by atoms with Crippen molar-refractivity contribution in [3.63, 3.8) is 0 Å². The lowest BCUT2D eigenvalue weighted by molar-refractivity contribution is -0.146. The molecule has 2 fully saturated rings. The molecule has 170 valence electrons. The van der Waals surface area contributed by atoms with Gasteiger partial charge in [-0.15, -0.1) is 15.3 Å². The molecule has 2 aliphatic rings. The summed E-state index contributed by atoms with van der Waals surface area (Å²) in [5, 5.41) is 13.9. The van der Waals surface area contributed by atoms with Crippen molar-refractivity contribution >= 4 is 17.4 Å². The molecule has 31 heavy (non-hydrogen) atoms. The van der Waals surface area contributed by atoms with E-state index in [0.29, 0.717) is 44.2 Å². The van der Waals surface area contributed by atoms with Crippen molar-refractivity contribution in [2.75, 3.05) is 44.7 Å². The maximum absolute atomic E-state index is 13.1. The van der Waals surface area contributed by atoms with Crippen molar-refractivity contribution in [1.29, 1.82) is 0 Å². The first kappa shape index (κ1) is 21.8. The van der Waals surface area contributed by atoms with Gasteiger partial charge in [-0.1, -0.05) is 0 Å². The highest BCUT2D eigenvalue weighted by molar-refractivity contribution is 5.78. The van der Waals surface area contributed by atoms with Crippen molar-refractivity contribution in [1.82, 2.24) is 30.0 Å². The fourth-order valence-electron chi connectivity index (χ4n) is 4.39. The molecule has 2 saturated heterocycles. The number of aromatic nitrogens is 4. The molecule has 11 heteroatoms. The Labute approximate surface area is 178 Å². The number of carbonyl (C=O) groups is 1. The third-order valence-corrected chi connectivity index (χ3v) is 6.38. The minimum atomic E-state index is -4.62. The van der Waals surface area contributed by atoms with Crippen LogP contribution in [0.25, 0.3) is 5.65 Å². The van der Waals surface area contributed by atoms with Crippen LogP contribution in [0.2, 0.25) is 0 Å². The first-order valence-corrected chi connectivity index (χ1v) is 10.8. The maximum Gasteiger partial charge on any atom is 0.453 e. The molecule has 8 nitrogen and oxygen atoms in total.